The van der Waals surface area contributed by atoms with Gasteiger partial charge in [-0.05, 0) is 153 Å². The van der Waals surface area contributed by atoms with Gasteiger partial charge < -0.3 is 29.7 Å². The Morgan fingerprint density at radius 3 is 0.986 bits per heavy atom. The predicted octanol–water partition coefficient (Wildman–Crippen LogP) is 9.09. The quantitative estimate of drug-likeness (QED) is 0.0756. The van der Waals surface area contributed by atoms with Crippen LogP contribution in [-0.2, 0) is 54.1 Å². The Morgan fingerprint density at radius 1 is 0.420 bits per heavy atom. The van der Waals surface area contributed by atoms with E-state index >= 15 is 0 Å². The monoisotopic (exact) mass is 1090 g/mol. The first-order chi connectivity index (χ1) is 31.6. The topological polar surface area (TPSA) is 120 Å². The van der Waals surface area contributed by atoms with Crippen molar-refractivity contribution in [1.82, 2.24) is 0 Å². The van der Waals surface area contributed by atoms with Gasteiger partial charge in [-0.2, -0.15) is 0 Å². The summed E-state index contributed by atoms with van der Waals surface area (Å²) in [6.07, 6.45) is 0. The van der Waals surface area contributed by atoms with Crippen LogP contribution in [0.2, 0.25) is 0 Å². The van der Waals surface area contributed by atoms with E-state index in [4.69, 9.17) is 0 Å². The Balaban J connectivity index is 0.000000415. The van der Waals surface area contributed by atoms with Gasteiger partial charge in [-0.1, -0.05) is 111 Å². The predicted molar refractivity (Wildman–Crippen MR) is 260 cm³/mol. The van der Waals surface area contributed by atoms with Gasteiger partial charge in [0.15, 0.2) is 23.3 Å². The fourth-order valence-electron chi connectivity index (χ4n) is 4.96. The maximum Gasteiger partial charge on any atom is 0.200 e. The molecular weight excluding hydrogens is 1040 g/mol. The molecule has 6 nitrogen and oxygen atoms in total. The average Bonchev–Trinajstić information content (AvgIpc) is 3.24. The Morgan fingerprint density at radius 2 is 0.725 bits per heavy atom. The SMILES string of the molecule is CC(C)(C)c1ccc([SH2+])cc1.CC(C)(C)c1ccc([SH2+])cc1.CC(C)(C)c1ccc([SH2+])cc1.O=C([O-])c1c(F)c(F)c(F)c(F)c1F.O=C([O-])c1cc(F)c(Br)cc1F.O=C([O-])c1ccc(F)cc1. The van der Waals surface area contributed by atoms with E-state index < -0.39 is 75.6 Å². The van der Waals surface area contributed by atoms with Crippen molar-refractivity contribution in [3.8, 4) is 0 Å². The highest BCUT2D eigenvalue weighted by Crippen LogP contribution is 2.25. The van der Waals surface area contributed by atoms with Crippen molar-refractivity contribution in [3.05, 3.63) is 194 Å². The van der Waals surface area contributed by atoms with Crippen LogP contribution in [0.5, 0.6) is 0 Å². The van der Waals surface area contributed by atoms with Crippen LogP contribution in [0.4, 0.5) is 35.1 Å². The third kappa shape index (κ3) is 21.1. The zero-order chi connectivity index (χ0) is 53.4. The fourth-order valence-corrected chi connectivity index (χ4v) is 5.78. The van der Waals surface area contributed by atoms with E-state index in [1.165, 1.54) is 16.7 Å². The molecule has 0 aliphatic rings. The Kier molecular flexibility index (Phi) is 24.3. The highest BCUT2D eigenvalue weighted by molar-refractivity contribution is 9.10. The molecule has 0 N–H and O–H groups in total. The minimum atomic E-state index is -2.47. The standard InChI is InChI=1S/3C10H14S.C7H3BrF2O2.C7HF5O2.C7H5FO2/c3*1-10(2,3)8-4-6-9(11)7-5-8;8-4-2-5(9)3(7(11)12)1-6(4)10;8-2-1(7(13)14)3(9)5(11)6(12)4(2)10;8-6-3-1-5(2-4-6)7(9)10/h3*4-7,11H,1-3H3;1-2H,(H,11,12);(H,13,14);1-4H,(H,9,10). The first-order valence-corrected chi connectivity index (χ1v) is 22.4. The number of carbonyl (C=O) groups is 3. The van der Waals surface area contributed by atoms with Crippen LogP contribution in [-0.4, -0.2) is 17.9 Å². The first kappa shape index (κ1) is 61.7. The van der Waals surface area contributed by atoms with Crippen molar-refractivity contribution >= 4 is 71.7 Å². The summed E-state index contributed by atoms with van der Waals surface area (Å²) in [7, 11) is 0. The molecular formula is C51H51BrF8O6S3. The highest BCUT2D eigenvalue weighted by Gasteiger charge is 2.26. The summed E-state index contributed by atoms with van der Waals surface area (Å²) in [6, 6.07) is 31.2. The van der Waals surface area contributed by atoms with Crippen molar-refractivity contribution in [2.75, 3.05) is 0 Å². The summed E-state index contributed by atoms with van der Waals surface area (Å²) in [6.45, 7) is 20.0. The van der Waals surface area contributed by atoms with Crippen LogP contribution in [0.15, 0.2) is 128 Å². The second-order valence-electron chi connectivity index (χ2n) is 17.5. The number of aromatic carboxylic acids is 3. The molecule has 0 saturated heterocycles. The number of rotatable bonds is 3. The van der Waals surface area contributed by atoms with Gasteiger partial charge in [0.05, 0.1) is 27.9 Å². The van der Waals surface area contributed by atoms with E-state index in [0.29, 0.717) is 6.07 Å². The number of hydrogen-bond donors (Lipinski definition) is 0. The Hall–Kier alpha value is -5.30. The van der Waals surface area contributed by atoms with Crippen molar-refractivity contribution in [2.24, 2.45) is 0 Å². The summed E-state index contributed by atoms with van der Waals surface area (Å²) in [5.74, 6) is -19.7. The van der Waals surface area contributed by atoms with Crippen molar-refractivity contribution in [3.63, 3.8) is 0 Å². The molecule has 6 aromatic rings. The average molecular weight is 1090 g/mol. The zero-order valence-corrected chi connectivity index (χ0v) is 43.3. The van der Waals surface area contributed by atoms with Crippen LogP contribution in [0.25, 0.3) is 0 Å². The molecule has 0 radical (unpaired) electrons. The lowest BCUT2D eigenvalue weighted by molar-refractivity contribution is -0.256. The summed E-state index contributed by atoms with van der Waals surface area (Å²) < 4.78 is 99.3. The minimum absolute atomic E-state index is 0.0126. The third-order valence-electron chi connectivity index (χ3n) is 8.98. The van der Waals surface area contributed by atoms with Gasteiger partial charge in [0.25, 0.3) is 0 Å². The molecule has 0 spiro atoms. The molecule has 0 aliphatic heterocycles. The van der Waals surface area contributed by atoms with Gasteiger partial charge in [0.2, 0.25) is 5.82 Å². The molecule has 0 fully saturated rings. The summed E-state index contributed by atoms with van der Waals surface area (Å²) in [4.78, 5) is 33.7. The molecule has 0 saturated carbocycles. The zero-order valence-electron chi connectivity index (χ0n) is 38.7. The van der Waals surface area contributed by atoms with Crippen LogP contribution >= 0.6 is 15.9 Å². The minimum Gasteiger partial charge on any atom is -0.545 e. The maximum atomic E-state index is 12.7. The number of carboxylic acid groups (broad SMARTS) is 3. The van der Waals surface area contributed by atoms with Crippen LogP contribution < -0.4 is 15.3 Å². The highest BCUT2D eigenvalue weighted by atomic mass is 79.9. The van der Waals surface area contributed by atoms with E-state index in [1.807, 2.05) is 0 Å². The van der Waals surface area contributed by atoms with Gasteiger partial charge in [-0.15, -0.1) is 0 Å². The lowest BCUT2D eigenvalue weighted by Gasteiger charge is -2.18. The number of halogens is 9. The van der Waals surface area contributed by atoms with E-state index in [-0.39, 0.29) is 26.3 Å². The summed E-state index contributed by atoms with van der Waals surface area (Å²) >= 11 is 13.1. The third-order valence-corrected chi connectivity index (χ3v) is 10.6. The molecule has 0 heterocycles. The molecule has 6 aromatic carbocycles. The number of hydrogen-bond acceptors (Lipinski definition) is 6. The van der Waals surface area contributed by atoms with Gasteiger partial charge in [0, 0.05) is 5.56 Å². The Labute approximate surface area is 421 Å². The summed E-state index contributed by atoms with van der Waals surface area (Å²) in [5, 5.41) is 30.2. The van der Waals surface area contributed by atoms with E-state index in [2.05, 4.69) is 189 Å². The molecule has 6 rings (SSSR count). The molecule has 0 atom stereocenters. The second-order valence-corrected chi connectivity index (χ2v) is 20.1. The smallest absolute Gasteiger partial charge is 0.200 e. The lowest BCUT2D eigenvalue weighted by atomic mass is 9.87. The molecule has 0 aliphatic carbocycles. The molecule has 372 valence electrons. The lowest BCUT2D eigenvalue weighted by Crippen LogP contribution is -2.26. The van der Waals surface area contributed by atoms with Crippen LogP contribution in [0, 0.1) is 46.5 Å². The van der Waals surface area contributed by atoms with Crippen molar-refractivity contribution in [1.29, 1.82) is 0 Å². The molecule has 0 bridgehead atoms. The van der Waals surface area contributed by atoms with Gasteiger partial charge in [0.1, 0.15) is 32.1 Å². The van der Waals surface area contributed by atoms with E-state index in [9.17, 15) is 64.8 Å². The number of carboxylic acids is 3. The largest absolute Gasteiger partial charge is 0.545 e. The second kappa shape index (κ2) is 27.2. The molecule has 69 heavy (non-hydrogen) atoms. The Bertz CT molecular complexity index is 2490. The normalized spacial score (nSPS) is 10.7. The van der Waals surface area contributed by atoms with Crippen LogP contribution in [0.3, 0.4) is 0 Å². The first-order valence-electron chi connectivity index (χ1n) is 20.1. The molecule has 18 heteroatoms. The molecule has 0 unspecified atom stereocenters. The van der Waals surface area contributed by atoms with Crippen molar-refractivity contribution < 1.29 is 64.8 Å². The number of benzene rings is 6. The fraction of sp³-hybridized carbons (Fsp3) is 0.235. The van der Waals surface area contributed by atoms with E-state index in [1.54, 1.807) is 0 Å². The van der Waals surface area contributed by atoms with Gasteiger partial charge in [-0.3, -0.25) is 0 Å². The molecule has 0 aromatic heterocycles. The number of carbonyl (C=O) groups excluding carboxylic acids is 3. The van der Waals surface area contributed by atoms with Gasteiger partial charge in [-0.25, -0.2) is 35.1 Å². The van der Waals surface area contributed by atoms with E-state index in [0.717, 1.165) is 45.0 Å². The summed E-state index contributed by atoms with van der Waals surface area (Å²) in [5.41, 5.74) is 2.15. The van der Waals surface area contributed by atoms with Crippen LogP contribution in [0.1, 0.15) is 110 Å². The van der Waals surface area contributed by atoms with Crippen molar-refractivity contribution in [2.45, 2.75) is 93.2 Å². The molecule has 0 amide bonds. The maximum absolute atomic E-state index is 12.7. The van der Waals surface area contributed by atoms with Gasteiger partial charge >= 0.3 is 0 Å².